The number of ether oxygens (including phenoxy) is 2. The fourth-order valence-corrected chi connectivity index (χ4v) is 3.07. The Kier molecular flexibility index (Phi) is 6.60. The van der Waals surface area contributed by atoms with Crippen LogP contribution in [0.25, 0.3) is 0 Å². The summed E-state index contributed by atoms with van der Waals surface area (Å²) in [5.74, 6) is -0.775. The van der Waals surface area contributed by atoms with Crippen molar-refractivity contribution in [3.63, 3.8) is 0 Å². The number of amides is 1. The van der Waals surface area contributed by atoms with Gasteiger partial charge in [-0.05, 0) is 30.3 Å². The second-order valence-electron chi connectivity index (χ2n) is 6.44. The molecular formula is C21H23FN2O4. The Bertz CT molecular complexity index is 850. The Labute approximate surface area is 163 Å². The third-order valence-electron chi connectivity index (χ3n) is 4.59. The molecule has 0 aliphatic carbocycles. The van der Waals surface area contributed by atoms with Crippen LogP contribution in [-0.2, 0) is 9.53 Å². The molecule has 6 nitrogen and oxygen atoms in total. The first-order valence-corrected chi connectivity index (χ1v) is 9.17. The number of carbonyl (C=O) groups excluding carboxylic acids is 2. The third-order valence-corrected chi connectivity index (χ3v) is 4.59. The number of nitrogens with zero attached hydrogens (tertiary/aromatic N) is 1. The zero-order valence-electron chi connectivity index (χ0n) is 15.7. The summed E-state index contributed by atoms with van der Waals surface area (Å²) in [6.45, 7) is 2.87. The van der Waals surface area contributed by atoms with Crippen molar-refractivity contribution >= 4 is 23.1 Å². The number of Topliss-reactive ketones (excluding diaryl/α,β-unsaturated/α-hetero) is 1. The van der Waals surface area contributed by atoms with Crippen molar-refractivity contribution in [2.75, 3.05) is 43.6 Å². The molecule has 1 aliphatic rings. The second kappa shape index (κ2) is 9.32. The zero-order valence-corrected chi connectivity index (χ0v) is 15.7. The third kappa shape index (κ3) is 4.86. The van der Waals surface area contributed by atoms with Crippen molar-refractivity contribution in [3.05, 3.63) is 53.8 Å². The first kappa shape index (κ1) is 19.8. The molecule has 3 rings (SSSR count). The molecule has 1 heterocycles. The van der Waals surface area contributed by atoms with Crippen molar-refractivity contribution in [2.24, 2.45) is 0 Å². The number of hydrogen-bond acceptors (Lipinski definition) is 5. The Hall–Kier alpha value is -2.93. The summed E-state index contributed by atoms with van der Waals surface area (Å²) in [6.07, 6.45) is -0.115. The smallest absolute Gasteiger partial charge is 0.224 e. The summed E-state index contributed by atoms with van der Waals surface area (Å²) in [7, 11) is 1.53. The van der Waals surface area contributed by atoms with E-state index in [-0.39, 0.29) is 24.3 Å². The van der Waals surface area contributed by atoms with Crippen molar-refractivity contribution in [1.29, 1.82) is 0 Å². The van der Waals surface area contributed by atoms with Gasteiger partial charge in [0.1, 0.15) is 11.6 Å². The lowest BCUT2D eigenvalue weighted by atomic mass is 10.1. The first-order valence-electron chi connectivity index (χ1n) is 9.17. The number of morpholine rings is 1. The highest BCUT2D eigenvalue weighted by molar-refractivity contribution is 6.00. The Morgan fingerprint density at radius 3 is 2.61 bits per heavy atom. The Balaban J connectivity index is 1.64. The van der Waals surface area contributed by atoms with Crippen LogP contribution >= 0.6 is 0 Å². The molecule has 0 bridgehead atoms. The zero-order chi connectivity index (χ0) is 19.9. The predicted octanol–water partition coefficient (Wildman–Crippen LogP) is 3.27. The van der Waals surface area contributed by atoms with E-state index in [0.717, 1.165) is 18.8 Å². The van der Waals surface area contributed by atoms with Gasteiger partial charge in [-0.15, -0.1) is 0 Å². The highest BCUT2D eigenvalue weighted by atomic mass is 19.1. The molecule has 1 saturated heterocycles. The quantitative estimate of drug-likeness (QED) is 0.740. The SMILES string of the molecule is COc1ccc(N2CCOCC2)cc1NC(=O)CCC(=O)c1ccccc1F. The molecule has 0 atom stereocenters. The Morgan fingerprint density at radius 1 is 1.14 bits per heavy atom. The van der Waals surface area contributed by atoms with Gasteiger partial charge < -0.3 is 19.7 Å². The van der Waals surface area contributed by atoms with Crippen LogP contribution < -0.4 is 15.0 Å². The summed E-state index contributed by atoms with van der Waals surface area (Å²) in [5, 5.41) is 2.79. The maximum absolute atomic E-state index is 13.7. The van der Waals surface area contributed by atoms with Gasteiger partial charge in [0.25, 0.3) is 0 Å². The average molecular weight is 386 g/mol. The molecule has 2 aromatic rings. The van der Waals surface area contributed by atoms with E-state index in [4.69, 9.17) is 9.47 Å². The fourth-order valence-electron chi connectivity index (χ4n) is 3.07. The first-order chi connectivity index (χ1) is 13.6. The van der Waals surface area contributed by atoms with Crippen LogP contribution in [-0.4, -0.2) is 45.1 Å². The van der Waals surface area contributed by atoms with Crippen LogP contribution in [0.3, 0.4) is 0 Å². The van der Waals surface area contributed by atoms with Gasteiger partial charge in [-0.2, -0.15) is 0 Å². The molecule has 148 valence electrons. The van der Waals surface area contributed by atoms with Crippen LogP contribution in [0.15, 0.2) is 42.5 Å². The number of rotatable bonds is 7. The number of nitrogens with one attached hydrogen (secondary N) is 1. The van der Waals surface area contributed by atoms with Gasteiger partial charge in [0.05, 0.1) is 31.6 Å². The maximum atomic E-state index is 13.7. The van der Waals surface area contributed by atoms with E-state index >= 15 is 0 Å². The van der Waals surface area contributed by atoms with Crippen molar-refractivity contribution in [3.8, 4) is 5.75 Å². The summed E-state index contributed by atoms with van der Waals surface area (Å²) >= 11 is 0. The second-order valence-corrected chi connectivity index (χ2v) is 6.44. The standard InChI is InChI=1S/C21H23FN2O4/c1-27-20-8-6-15(24-10-12-28-13-11-24)14-18(20)23-21(26)9-7-19(25)16-4-2-3-5-17(16)22/h2-6,8,14H,7,9-13H2,1H3,(H,23,26). The highest BCUT2D eigenvalue weighted by Gasteiger charge is 2.16. The number of benzene rings is 2. The van der Waals surface area contributed by atoms with Crippen molar-refractivity contribution in [1.82, 2.24) is 0 Å². The summed E-state index contributed by atoms with van der Waals surface area (Å²) < 4.78 is 24.4. The lowest BCUT2D eigenvalue weighted by Gasteiger charge is -2.29. The molecule has 28 heavy (non-hydrogen) atoms. The fraction of sp³-hybridized carbons (Fsp3) is 0.333. The molecule has 0 spiro atoms. The van der Waals surface area contributed by atoms with Gasteiger partial charge in [0.15, 0.2) is 5.78 Å². The van der Waals surface area contributed by atoms with Crippen LogP contribution in [0, 0.1) is 5.82 Å². The topological polar surface area (TPSA) is 67.9 Å². The van der Waals surface area contributed by atoms with Gasteiger partial charge in [-0.1, -0.05) is 12.1 Å². The summed E-state index contributed by atoms with van der Waals surface area (Å²) in [4.78, 5) is 26.7. The molecule has 7 heteroatoms. The molecule has 1 N–H and O–H groups in total. The van der Waals surface area contributed by atoms with Crippen LogP contribution in [0.1, 0.15) is 23.2 Å². The number of hydrogen-bond donors (Lipinski definition) is 1. The normalized spacial score (nSPS) is 13.9. The van der Waals surface area contributed by atoms with Gasteiger partial charge in [0, 0.05) is 31.6 Å². The number of anilines is 2. The lowest BCUT2D eigenvalue weighted by molar-refractivity contribution is -0.116. The van der Waals surface area contributed by atoms with Gasteiger partial charge >= 0.3 is 0 Å². The summed E-state index contributed by atoms with van der Waals surface area (Å²) in [5.41, 5.74) is 1.50. The lowest BCUT2D eigenvalue weighted by Crippen LogP contribution is -2.36. The maximum Gasteiger partial charge on any atom is 0.224 e. The average Bonchev–Trinajstić information content (AvgIpc) is 2.73. The molecule has 1 aliphatic heterocycles. The van der Waals surface area contributed by atoms with E-state index in [1.807, 2.05) is 12.1 Å². The van der Waals surface area contributed by atoms with Gasteiger partial charge in [-0.25, -0.2) is 4.39 Å². The van der Waals surface area contributed by atoms with Gasteiger partial charge in [0.2, 0.25) is 5.91 Å². The van der Waals surface area contributed by atoms with Crippen LogP contribution in [0.5, 0.6) is 5.75 Å². The molecule has 1 amide bonds. The minimum absolute atomic E-state index is 0.00203. The van der Waals surface area contributed by atoms with Gasteiger partial charge in [-0.3, -0.25) is 9.59 Å². The van der Waals surface area contributed by atoms with E-state index in [9.17, 15) is 14.0 Å². The minimum atomic E-state index is -0.576. The predicted molar refractivity (Wildman–Crippen MR) is 105 cm³/mol. The molecule has 2 aromatic carbocycles. The largest absolute Gasteiger partial charge is 0.495 e. The molecule has 0 unspecified atom stereocenters. The molecule has 0 radical (unpaired) electrons. The van der Waals surface area contributed by atoms with E-state index in [2.05, 4.69) is 10.2 Å². The molecule has 0 aromatic heterocycles. The minimum Gasteiger partial charge on any atom is -0.495 e. The van der Waals surface area contributed by atoms with Crippen molar-refractivity contribution in [2.45, 2.75) is 12.8 Å². The number of ketones is 1. The number of methoxy groups -OCH3 is 1. The number of halogens is 1. The highest BCUT2D eigenvalue weighted by Crippen LogP contribution is 2.30. The summed E-state index contributed by atoms with van der Waals surface area (Å²) in [6, 6.07) is 11.3. The van der Waals surface area contributed by atoms with E-state index in [1.54, 1.807) is 12.1 Å². The number of carbonyl (C=O) groups is 2. The monoisotopic (exact) mass is 386 g/mol. The van der Waals surface area contributed by atoms with Crippen LogP contribution in [0.2, 0.25) is 0 Å². The Morgan fingerprint density at radius 2 is 1.89 bits per heavy atom. The van der Waals surface area contributed by atoms with E-state index < -0.39 is 11.6 Å². The van der Waals surface area contributed by atoms with E-state index in [0.29, 0.717) is 24.7 Å². The molecular weight excluding hydrogens is 363 g/mol. The molecule has 0 saturated carbocycles. The molecule has 1 fully saturated rings. The van der Waals surface area contributed by atoms with Crippen molar-refractivity contribution < 1.29 is 23.5 Å². The van der Waals surface area contributed by atoms with E-state index in [1.165, 1.54) is 25.3 Å². The van der Waals surface area contributed by atoms with Crippen LogP contribution in [0.4, 0.5) is 15.8 Å².